The van der Waals surface area contributed by atoms with Gasteiger partial charge in [-0.25, -0.2) is 9.97 Å². The standard InChI is InChI=1S/C17H30N4/c1-5-13-9-8-10-14(11-13)19-17-12(4)16(18-7-3)20-15(6-2)21-17/h13-14H,5-11H2,1-4H3,(H2,18,19,20,21). The first-order valence-corrected chi connectivity index (χ1v) is 8.55. The van der Waals surface area contributed by atoms with Crippen LogP contribution in [0.15, 0.2) is 0 Å². The molecule has 0 bridgehead atoms. The van der Waals surface area contributed by atoms with Gasteiger partial charge in [-0.15, -0.1) is 0 Å². The van der Waals surface area contributed by atoms with Crippen molar-refractivity contribution in [3.8, 4) is 0 Å². The molecule has 0 spiro atoms. The van der Waals surface area contributed by atoms with Crippen molar-refractivity contribution in [3.63, 3.8) is 0 Å². The van der Waals surface area contributed by atoms with E-state index in [0.29, 0.717) is 6.04 Å². The van der Waals surface area contributed by atoms with Crippen LogP contribution in [0.4, 0.5) is 11.6 Å². The summed E-state index contributed by atoms with van der Waals surface area (Å²) in [5, 5.41) is 7.05. The smallest absolute Gasteiger partial charge is 0.134 e. The summed E-state index contributed by atoms with van der Waals surface area (Å²) in [6, 6.07) is 0.566. The predicted molar refractivity (Wildman–Crippen MR) is 90.0 cm³/mol. The molecule has 1 aliphatic carbocycles. The van der Waals surface area contributed by atoms with Gasteiger partial charge in [-0.1, -0.05) is 33.1 Å². The van der Waals surface area contributed by atoms with Gasteiger partial charge in [0.2, 0.25) is 0 Å². The summed E-state index contributed by atoms with van der Waals surface area (Å²) in [5.41, 5.74) is 1.15. The van der Waals surface area contributed by atoms with Gasteiger partial charge in [0.1, 0.15) is 17.5 Å². The third-order valence-corrected chi connectivity index (χ3v) is 4.55. The van der Waals surface area contributed by atoms with Crippen molar-refractivity contribution in [1.29, 1.82) is 0 Å². The first kappa shape index (κ1) is 16.1. The highest BCUT2D eigenvalue weighted by atomic mass is 15.1. The van der Waals surface area contributed by atoms with Crippen LogP contribution < -0.4 is 10.6 Å². The number of anilines is 2. The second kappa shape index (κ2) is 7.62. The quantitative estimate of drug-likeness (QED) is 0.826. The Morgan fingerprint density at radius 3 is 2.52 bits per heavy atom. The second-order valence-electron chi connectivity index (χ2n) is 6.13. The molecule has 1 saturated carbocycles. The zero-order chi connectivity index (χ0) is 15.2. The molecule has 1 aromatic heterocycles. The molecule has 2 N–H and O–H groups in total. The number of hydrogen-bond donors (Lipinski definition) is 2. The molecule has 2 rings (SSSR count). The Labute approximate surface area is 129 Å². The lowest BCUT2D eigenvalue weighted by Gasteiger charge is -2.30. The molecule has 2 unspecified atom stereocenters. The van der Waals surface area contributed by atoms with E-state index in [1.54, 1.807) is 0 Å². The van der Waals surface area contributed by atoms with Crippen LogP contribution in [-0.2, 0) is 6.42 Å². The minimum atomic E-state index is 0.566. The molecular formula is C17H30N4. The lowest BCUT2D eigenvalue weighted by molar-refractivity contribution is 0.327. The number of nitrogens with zero attached hydrogens (tertiary/aromatic N) is 2. The van der Waals surface area contributed by atoms with E-state index in [0.717, 1.165) is 41.9 Å². The average molecular weight is 290 g/mol. The molecule has 1 heterocycles. The van der Waals surface area contributed by atoms with Gasteiger partial charge in [0.15, 0.2) is 0 Å². The van der Waals surface area contributed by atoms with Crippen LogP contribution in [0.3, 0.4) is 0 Å². The lowest BCUT2D eigenvalue weighted by atomic mass is 9.84. The summed E-state index contributed by atoms with van der Waals surface area (Å²) in [7, 11) is 0. The highest BCUT2D eigenvalue weighted by molar-refractivity contribution is 5.57. The van der Waals surface area contributed by atoms with E-state index < -0.39 is 0 Å². The molecule has 1 aliphatic rings. The number of hydrogen-bond acceptors (Lipinski definition) is 4. The van der Waals surface area contributed by atoms with Gasteiger partial charge in [0, 0.05) is 24.6 Å². The van der Waals surface area contributed by atoms with Crippen LogP contribution in [0, 0.1) is 12.8 Å². The Morgan fingerprint density at radius 1 is 1.10 bits per heavy atom. The van der Waals surface area contributed by atoms with Gasteiger partial charge >= 0.3 is 0 Å². The molecule has 4 nitrogen and oxygen atoms in total. The van der Waals surface area contributed by atoms with Gasteiger partial charge in [0.25, 0.3) is 0 Å². The fourth-order valence-corrected chi connectivity index (χ4v) is 3.19. The van der Waals surface area contributed by atoms with E-state index >= 15 is 0 Å². The molecular weight excluding hydrogens is 260 g/mol. The highest BCUT2D eigenvalue weighted by Crippen LogP contribution is 2.30. The summed E-state index contributed by atoms with van der Waals surface area (Å²) < 4.78 is 0. The summed E-state index contributed by atoms with van der Waals surface area (Å²) in [6.07, 6.45) is 7.43. The number of aryl methyl sites for hydroxylation is 1. The molecule has 2 atom stereocenters. The Hall–Kier alpha value is -1.32. The maximum Gasteiger partial charge on any atom is 0.134 e. The normalized spacial score (nSPS) is 22.1. The largest absolute Gasteiger partial charge is 0.370 e. The fraction of sp³-hybridized carbons (Fsp3) is 0.765. The van der Waals surface area contributed by atoms with Crippen LogP contribution in [0.25, 0.3) is 0 Å². The second-order valence-corrected chi connectivity index (χ2v) is 6.13. The molecule has 0 saturated heterocycles. The SMILES string of the molecule is CCNc1nc(CC)nc(NC2CCCC(CC)C2)c1C. The molecule has 4 heteroatoms. The highest BCUT2D eigenvalue weighted by Gasteiger charge is 2.22. The number of nitrogens with one attached hydrogen (secondary N) is 2. The zero-order valence-electron chi connectivity index (χ0n) is 14.0. The number of rotatable bonds is 6. The van der Waals surface area contributed by atoms with Crippen molar-refractivity contribution in [3.05, 3.63) is 11.4 Å². The maximum absolute atomic E-state index is 4.72. The minimum absolute atomic E-state index is 0.566. The van der Waals surface area contributed by atoms with E-state index in [-0.39, 0.29) is 0 Å². The van der Waals surface area contributed by atoms with Crippen molar-refractivity contribution in [2.45, 2.75) is 72.3 Å². The zero-order valence-corrected chi connectivity index (χ0v) is 14.0. The van der Waals surface area contributed by atoms with Crippen LogP contribution in [0.1, 0.15) is 64.3 Å². The van der Waals surface area contributed by atoms with Crippen LogP contribution >= 0.6 is 0 Å². The molecule has 0 aliphatic heterocycles. The van der Waals surface area contributed by atoms with Gasteiger partial charge in [-0.05, 0) is 32.6 Å². The van der Waals surface area contributed by atoms with Crippen molar-refractivity contribution < 1.29 is 0 Å². The van der Waals surface area contributed by atoms with E-state index in [2.05, 4.69) is 43.3 Å². The maximum atomic E-state index is 4.72. The first-order chi connectivity index (χ1) is 10.2. The van der Waals surface area contributed by atoms with Crippen molar-refractivity contribution in [2.75, 3.05) is 17.2 Å². The molecule has 1 aromatic rings. The Morgan fingerprint density at radius 2 is 1.86 bits per heavy atom. The third kappa shape index (κ3) is 4.08. The molecule has 0 amide bonds. The van der Waals surface area contributed by atoms with Gasteiger partial charge in [0.05, 0.1) is 0 Å². The van der Waals surface area contributed by atoms with E-state index in [1.165, 1.54) is 32.1 Å². The summed E-state index contributed by atoms with van der Waals surface area (Å²) in [6.45, 7) is 9.52. The Bertz CT molecular complexity index is 458. The van der Waals surface area contributed by atoms with E-state index in [1.807, 2.05) is 0 Å². The lowest BCUT2D eigenvalue weighted by Crippen LogP contribution is -2.28. The molecule has 0 aromatic carbocycles. The first-order valence-electron chi connectivity index (χ1n) is 8.55. The van der Waals surface area contributed by atoms with Crippen molar-refractivity contribution >= 4 is 11.6 Å². The van der Waals surface area contributed by atoms with Gasteiger partial charge in [-0.3, -0.25) is 0 Å². The van der Waals surface area contributed by atoms with Crippen molar-refractivity contribution in [1.82, 2.24) is 9.97 Å². The Balaban J connectivity index is 2.16. The molecule has 0 radical (unpaired) electrons. The van der Waals surface area contributed by atoms with Gasteiger partial charge in [-0.2, -0.15) is 0 Å². The van der Waals surface area contributed by atoms with Gasteiger partial charge < -0.3 is 10.6 Å². The summed E-state index contributed by atoms with van der Waals surface area (Å²) in [4.78, 5) is 9.32. The predicted octanol–water partition coefficient (Wildman–Crippen LogP) is 4.16. The fourth-order valence-electron chi connectivity index (χ4n) is 3.19. The van der Waals surface area contributed by atoms with Crippen LogP contribution in [0.5, 0.6) is 0 Å². The minimum Gasteiger partial charge on any atom is -0.370 e. The Kier molecular flexibility index (Phi) is 5.83. The third-order valence-electron chi connectivity index (χ3n) is 4.55. The van der Waals surface area contributed by atoms with E-state index in [4.69, 9.17) is 4.98 Å². The summed E-state index contributed by atoms with van der Waals surface area (Å²) in [5.74, 6) is 3.80. The molecule has 118 valence electrons. The number of aromatic nitrogens is 2. The summed E-state index contributed by atoms with van der Waals surface area (Å²) >= 11 is 0. The topological polar surface area (TPSA) is 49.8 Å². The van der Waals surface area contributed by atoms with Crippen molar-refractivity contribution in [2.24, 2.45) is 5.92 Å². The monoisotopic (exact) mass is 290 g/mol. The van der Waals surface area contributed by atoms with Crippen LogP contribution in [0.2, 0.25) is 0 Å². The molecule has 21 heavy (non-hydrogen) atoms. The van der Waals surface area contributed by atoms with E-state index in [9.17, 15) is 0 Å². The van der Waals surface area contributed by atoms with Crippen LogP contribution in [-0.4, -0.2) is 22.6 Å². The average Bonchev–Trinajstić information content (AvgIpc) is 2.51. The molecule has 1 fully saturated rings.